The molecule has 2 bridgehead atoms. The predicted molar refractivity (Wildman–Crippen MR) is 137 cm³/mol. The maximum Gasteiger partial charge on any atom is 0.303 e. The Hall–Kier alpha value is -0.650. The lowest BCUT2D eigenvalue weighted by Crippen LogP contribution is -2.26. The zero-order chi connectivity index (χ0) is 22.5. The van der Waals surface area contributed by atoms with Gasteiger partial charge in [0.25, 0.3) is 0 Å². The molecule has 5 nitrogen and oxygen atoms in total. The third kappa shape index (κ3) is 6.45. The number of benzene rings is 1. The Balaban J connectivity index is 1.60. The molecular weight excluding hydrogens is 622 g/mol. The van der Waals surface area contributed by atoms with E-state index in [1.807, 2.05) is 25.1 Å². The second kappa shape index (κ2) is 11.5. The van der Waals surface area contributed by atoms with Crippen molar-refractivity contribution < 1.29 is 24.9 Å². The number of carbonyl (C=O) groups is 1. The Labute approximate surface area is 211 Å². The van der Waals surface area contributed by atoms with Crippen molar-refractivity contribution in [2.24, 2.45) is 11.8 Å². The molecule has 0 radical (unpaired) electrons. The average Bonchev–Trinajstić information content (AvgIpc) is 3.33. The third-order valence-electron chi connectivity index (χ3n) is 6.43. The van der Waals surface area contributed by atoms with Crippen molar-refractivity contribution in [1.82, 2.24) is 0 Å². The summed E-state index contributed by atoms with van der Waals surface area (Å²) in [6.07, 6.45) is 12.9. The van der Waals surface area contributed by atoms with E-state index < -0.39 is 12.1 Å². The Morgan fingerprint density at radius 2 is 1.90 bits per heavy atom. The first-order valence-electron chi connectivity index (χ1n) is 10.8. The number of fused-ring (bicyclic) bond motifs is 2. The molecule has 3 rings (SSSR count). The number of rotatable bonds is 10. The number of carboxylic acids is 1. The summed E-state index contributed by atoms with van der Waals surface area (Å²) in [7, 11) is 0. The summed E-state index contributed by atoms with van der Waals surface area (Å²) in [4.78, 5) is 10.6. The van der Waals surface area contributed by atoms with E-state index in [9.17, 15) is 15.0 Å². The van der Waals surface area contributed by atoms with Crippen LogP contribution in [0.4, 0.5) is 0 Å². The van der Waals surface area contributed by atoms with E-state index in [1.165, 1.54) is 0 Å². The molecule has 0 aliphatic carbocycles. The molecular formula is C24H30I2O5. The summed E-state index contributed by atoms with van der Waals surface area (Å²) < 4.78 is 7.74. The number of halogens is 2. The van der Waals surface area contributed by atoms with Gasteiger partial charge in [-0.15, -0.1) is 0 Å². The van der Waals surface area contributed by atoms with Gasteiger partial charge >= 0.3 is 5.97 Å². The molecule has 6 atom stereocenters. The van der Waals surface area contributed by atoms with Crippen molar-refractivity contribution in [2.45, 2.75) is 69.7 Å². The fourth-order valence-corrected chi connectivity index (χ4v) is 6.40. The summed E-state index contributed by atoms with van der Waals surface area (Å²) >= 11 is 4.23. The third-order valence-corrected chi connectivity index (χ3v) is 8.08. The number of aliphatic hydroxyl groups is 1. The van der Waals surface area contributed by atoms with Crippen molar-refractivity contribution >= 4 is 51.2 Å². The van der Waals surface area contributed by atoms with Crippen LogP contribution in [0.25, 0.3) is 0 Å². The molecule has 0 amide bonds. The molecule has 1 aromatic rings. The zero-order valence-corrected chi connectivity index (χ0v) is 21.9. The summed E-state index contributed by atoms with van der Waals surface area (Å²) in [5, 5.41) is 29.5. The van der Waals surface area contributed by atoms with Crippen LogP contribution in [-0.4, -0.2) is 39.6 Å². The molecule has 0 aromatic heterocycles. The highest BCUT2D eigenvalue weighted by atomic mass is 127. The molecule has 7 heteroatoms. The van der Waals surface area contributed by atoms with E-state index in [2.05, 4.69) is 63.4 Å². The van der Waals surface area contributed by atoms with Gasteiger partial charge in [0.05, 0.1) is 25.5 Å². The monoisotopic (exact) mass is 652 g/mol. The topological polar surface area (TPSA) is 87.0 Å². The second-order valence-electron chi connectivity index (χ2n) is 8.52. The minimum atomic E-state index is -0.746. The molecule has 2 heterocycles. The van der Waals surface area contributed by atoms with Gasteiger partial charge in [-0.3, -0.25) is 4.79 Å². The van der Waals surface area contributed by atoms with E-state index in [0.717, 1.165) is 38.4 Å². The van der Waals surface area contributed by atoms with Gasteiger partial charge in [0, 0.05) is 18.3 Å². The van der Waals surface area contributed by atoms with Crippen LogP contribution in [0.3, 0.4) is 0 Å². The molecule has 2 unspecified atom stereocenters. The summed E-state index contributed by atoms with van der Waals surface area (Å²) in [5.74, 6) is 0.170. The fraction of sp³-hybridized carbons (Fsp3) is 0.542. The standard InChI is InChI=1S/C24H30I2O5/c1-14(15-12-18(25)24(30)19(26)13-15)20(27)9-8-17-16(21-10-11-22(17)31-21)6-4-2-3-5-7-23(28)29/h2,4,8-9,12-14,16-17,20-22,27,30H,3,5-7,10-11H2,1H3,(H,28,29)/b4-2-,9-8+/t14?,16-,17+,20?,21-,22+/m0/s1. The molecule has 3 N–H and O–H groups in total. The minimum Gasteiger partial charge on any atom is -0.506 e. The van der Waals surface area contributed by atoms with Gasteiger partial charge in [-0.05, 0) is 101 Å². The Kier molecular flexibility index (Phi) is 9.24. The highest BCUT2D eigenvalue weighted by Crippen LogP contribution is 2.46. The number of phenols is 1. The van der Waals surface area contributed by atoms with Crippen molar-refractivity contribution in [1.29, 1.82) is 0 Å². The number of aliphatic hydroxyl groups excluding tert-OH is 1. The van der Waals surface area contributed by atoms with Crippen molar-refractivity contribution in [3.8, 4) is 5.75 Å². The molecule has 2 aliphatic rings. The van der Waals surface area contributed by atoms with Gasteiger partial charge in [0.15, 0.2) is 0 Å². The van der Waals surface area contributed by atoms with Gasteiger partial charge < -0.3 is 20.1 Å². The Morgan fingerprint density at radius 3 is 2.58 bits per heavy atom. The number of aromatic hydroxyl groups is 1. The predicted octanol–water partition coefficient (Wildman–Crippen LogP) is 5.62. The zero-order valence-electron chi connectivity index (χ0n) is 17.6. The first-order chi connectivity index (χ1) is 14.8. The van der Waals surface area contributed by atoms with Crippen molar-refractivity contribution in [3.63, 3.8) is 0 Å². The van der Waals surface area contributed by atoms with Gasteiger partial charge in [0.1, 0.15) is 5.75 Å². The number of ether oxygens (including phenoxy) is 1. The lowest BCUT2D eigenvalue weighted by molar-refractivity contribution is -0.137. The number of allylic oxidation sites excluding steroid dienone is 2. The van der Waals surface area contributed by atoms with Crippen LogP contribution in [-0.2, 0) is 9.53 Å². The van der Waals surface area contributed by atoms with Gasteiger partial charge in [-0.1, -0.05) is 31.2 Å². The molecule has 0 saturated carbocycles. The molecule has 2 fully saturated rings. The molecule has 1 aromatic carbocycles. The fourth-order valence-electron chi connectivity index (χ4n) is 4.58. The first-order valence-corrected chi connectivity index (χ1v) is 13.0. The van der Waals surface area contributed by atoms with Crippen LogP contribution in [0.2, 0.25) is 0 Å². The van der Waals surface area contributed by atoms with Crippen molar-refractivity contribution in [3.05, 3.63) is 49.1 Å². The number of hydrogen-bond donors (Lipinski definition) is 3. The van der Waals surface area contributed by atoms with Crippen LogP contribution in [0, 0.1) is 19.0 Å². The van der Waals surface area contributed by atoms with Crippen molar-refractivity contribution in [2.75, 3.05) is 0 Å². The Bertz CT molecular complexity index is 814. The molecule has 31 heavy (non-hydrogen) atoms. The lowest BCUT2D eigenvalue weighted by atomic mass is 9.77. The SMILES string of the molecule is CC(c1cc(I)c(O)c(I)c1)C(O)/C=C/[C@@H]1[C@H](C/C=C\CCCC(=O)O)[C@@H]2CC[C@H]1O2. The summed E-state index contributed by atoms with van der Waals surface area (Å²) in [6, 6.07) is 3.86. The van der Waals surface area contributed by atoms with E-state index in [1.54, 1.807) is 0 Å². The molecule has 0 spiro atoms. The van der Waals surface area contributed by atoms with Gasteiger partial charge in [-0.25, -0.2) is 0 Å². The van der Waals surface area contributed by atoms with E-state index in [-0.39, 0.29) is 24.5 Å². The van der Waals surface area contributed by atoms with Gasteiger partial charge in [0.2, 0.25) is 0 Å². The van der Waals surface area contributed by atoms with E-state index in [0.29, 0.717) is 24.0 Å². The maximum absolute atomic E-state index is 10.8. The van der Waals surface area contributed by atoms with Crippen LogP contribution in [0.15, 0.2) is 36.4 Å². The number of phenolic OH excluding ortho intramolecular Hbond substituents is 1. The second-order valence-corrected chi connectivity index (χ2v) is 10.8. The quantitative estimate of drug-likeness (QED) is 0.174. The van der Waals surface area contributed by atoms with Crippen LogP contribution in [0.5, 0.6) is 5.75 Å². The molecule has 2 aliphatic heterocycles. The molecule has 170 valence electrons. The maximum atomic E-state index is 10.8. The number of hydrogen-bond acceptors (Lipinski definition) is 4. The number of aliphatic carboxylic acids is 1. The normalized spacial score (nSPS) is 27.4. The number of unbranched alkanes of at least 4 members (excludes halogenated alkanes) is 1. The van der Waals surface area contributed by atoms with Crippen LogP contribution >= 0.6 is 45.2 Å². The smallest absolute Gasteiger partial charge is 0.303 e. The largest absolute Gasteiger partial charge is 0.506 e. The Morgan fingerprint density at radius 1 is 1.23 bits per heavy atom. The first kappa shape index (κ1) is 25.0. The van der Waals surface area contributed by atoms with E-state index >= 15 is 0 Å². The average molecular weight is 652 g/mol. The van der Waals surface area contributed by atoms with Crippen LogP contribution in [0.1, 0.15) is 56.9 Å². The van der Waals surface area contributed by atoms with Gasteiger partial charge in [-0.2, -0.15) is 0 Å². The van der Waals surface area contributed by atoms with E-state index in [4.69, 9.17) is 9.84 Å². The summed E-state index contributed by atoms with van der Waals surface area (Å²) in [5.41, 5.74) is 1.01. The number of carboxylic acid groups (broad SMARTS) is 1. The molecule has 2 saturated heterocycles. The highest BCUT2D eigenvalue weighted by Gasteiger charge is 2.46. The van der Waals surface area contributed by atoms with Crippen LogP contribution < -0.4 is 0 Å². The minimum absolute atomic E-state index is 0.0778. The summed E-state index contributed by atoms with van der Waals surface area (Å²) in [6.45, 7) is 2.00. The lowest BCUT2D eigenvalue weighted by Gasteiger charge is -2.25. The highest BCUT2D eigenvalue weighted by molar-refractivity contribution is 14.1.